The molecule has 0 bridgehead atoms. The van der Waals surface area contributed by atoms with E-state index < -0.39 is 0 Å². The maximum absolute atomic E-state index is 6.19. The quantitative estimate of drug-likeness (QED) is 0.588. The van der Waals surface area contributed by atoms with Crippen LogP contribution in [0, 0.1) is 11.8 Å². The lowest BCUT2D eigenvalue weighted by atomic mass is 10.0. The Hall–Kier alpha value is -2.05. The highest BCUT2D eigenvalue weighted by Crippen LogP contribution is 2.41. The standard InChI is InChI=1S/C26H37N3O3/c1-18-12-20-22(13-18)28-23-15-25(32-10-5-9-29-7-3-4-8-29)24(30-2)14-21(23)26(20)27-16-19-6-11-31-17-19/h14-15,18-19H,3-13,16-17H2,1-2H3,(H,27,28)/t18?,19-/m1/s1. The number of hydrogen-bond donors (Lipinski definition) is 1. The molecule has 5 rings (SSSR count). The fourth-order valence-electron chi connectivity index (χ4n) is 5.44. The van der Waals surface area contributed by atoms with E-state index in [-0.39, 0.29) is 0 Å². The molecule has 1 aliphatic carbocycles. The van der Waals surface area contributed by atoms with Gasteiger partial charge in [0, 0.05) is 48.4 Å². The van der Waals surface area contributed by atoms with Crippen LogP contribution in [0.3, 0.4) is 0 Å². The predicted molar refractivity (Wildman–Crippen MR) is 128 cm³/mol. The van der Waals surface area contributed by atoms with Crippen molar-refractivity contribution in [1.29, 1.82) is 0 Å². The molecular weight excluding hydrogens is 402 g/mol. The zero-order valence-corrected chi connectivity index (χ0v) is 19.6. The highest BCUT2D eigenvalue weighted by atomic mass is 16.5. The highest BCUT2D eigenvalue weighted by Gasteiger charge is 2.26. The molecule has 3 aliphatic rings. The molecule has 174 valence electrons. The molecule has 1 N–H and O–H groups in total. The van der Waals surface area contributed by atoms with Crippen molar-refractivity contribution in [3.05, 3.63) is 23.4 Å². The molecule has 0 saturated carbocycles. The van der Waals surface area contributed by atoms with Crippen molar-refractivity contribution in [3.8, 4) is 11.5 Å². The van der Waals surface area contributed by atoms with E-state index in [2.05, 4.69) is 29.3 Å². The van der Waals surface area contributed by atoms with Crippen LogP contribution in [0.5, 0.6) is 11.5 Å². The number of anilines is 1. The van der Waals surface area contributed by atoms with Crippen molar-refractivity contribution in [2.45, 2.75) is 45.4 Å². The smallest absolute Gasteiger partial charge is 0.163 e. The van der Waals surface area contributed by atoms with Crippen molar-refractivity contribution in [2.75, 3.05) is 58.4 Å². The fraction of sp³-hybridized carbons (Fsp3) is 0.654. The number of hydrogen-bond acceptors (Lipinski definition) is 6. The Bertz CT molecular complexity index is 936. The molecule has 6 heteroatoms. The van der Waals surface area contributed by atoms with Gasteiger partial charge in [-0.25, -0.2) is 0 Å². The van der Waals surface area contributed by atoms with Crippen LogP contribution in [0.2, 0.25) is 0 Å². The number of nitrogens with zero attached hydrogens (tertiary/aromatic N) is 2. The molecule has 0 amide bonds. The minimum atomic E-state index is 0.577. The Balaban J connectivity index is 1.38. The summed E-state index contributed by atoms with van der Waals surface area (Å²) in [4.78, 5) is 7.59. The van der Waals surface area contributed by atoms with Gasteiger partial charge in [-0.15, -0.1) is 0 Å². The molecular formula is C26H37N3O3. The molecule has 2 fully saturated rings. The molecule has 2 atom stereocenters. The summed E-state index contributed by atoms with van der Waals surface area (Å²) in [6, 6.07) is 4.20. The van der Waals surface area contributed by atoms with E-state index in [9.17, 15) is 0 Å². The fourth-order valence-corrected chi connectivity index (χ4v) is 5.44. The number of benzene rings is 1. The van der Waals surface area contributed by atoms with E-state index in [1.54, 1.807) is 7.11 Å². The van der Waals surface area contributed by atoms with E-state index in [4.69, 9.17) is 19.2 Å². The molecule has 2 aromatic rings. The summed E-state index contributed by atoms with van der Waals surface area (Å²) < 4.78 is 17.5. The first-order valence-electron chi connectivity index (χ1n) is 12.4. The Morgan fingerprint density at radius 1 is 1.19 bits per heavy atom. The number of rotatable bonds is 9. The zero-order chi connectivity index (χ0) is 21.9. The normalized spacial score (nSPS) is 23.1. The van der Waals surface area contributed by atoms with Crippen molar-refractivity contribution in [1.82, 2.24) is 9.88 Å². The summed E-state index contributed by atoms with van der Waals surface area (Å²) in [7, 11) is 1.73. The average molecular weight is 440 g/mol. The highest BCUT2D eigenvalue weighted by molar-refractivity contribution is 5.96. The van der Waals surface area contributed by atoms with Crippen LogP contribution in [-0.4, -0.2) is 63.0 Å². The Morgan fingerprint density at radius 2 is 2.06 bits per heavy atom. The predicted octanol–water partition coefficient (Wildman–Crippen LogP) is 4.29. The van der Waals surface area contributed by atoms with Gasteiger partial charge in [0.1, 0.15) is 0 Å². The lowest BCUT2D eigenvalue weighted by Gasteiger charge is -2.19. The van der Waals surface area contributed by atoms with Crippen LogP contribution >= 0.6 is 0 Å². The number of ether oxygens (including phenoxy) is 3. The van der Waals surface area contributed by atoms with Crippen molar-refractivity contribution in [3.63, 3.8) is 0 Å². The summed E-state index contributed by atoms with van der Waals surface area (Å²) >= 11 is 0. The average Bonchev–Trinajstić information content (AvgIpc) is 3.55. The Labute approximate surface area is 191 Å². The molecule has 1 aromatic heterocycles. The van der Waals surface area contributed by atoms with Gasteiger partial charge in [0.25, 0.3) is 0 Å². The number of nitrogens with one attached hydrogen (secondary N) is 1. The topological polar surface area (TPSA) is 55.9 Å². The first-order valence-corrected chi connectivity index (χ1v) is 12.4. The maximum atomic E-state index is 6.19. The van der Waals surface area contributed by atoms with E-state index in [1.165, 1.54) is 42.9 Å². The van der Waals surface area contributed by atoms with Crippen molar-refractivity contribution < 1.29 is 14.2 Å². The third kappa shape index (κ3) is 4.67. The van der Waals surface area contributed by atoms with Crippen LogP contribution in [0.25, 0.3) is 10.9 Å². The van der Waals surface area contributed by atoms with Gasteiger partial charge >= 0.3 is 0 Å². The number of fused-ring (bicyclic) bond motifs is 2. The second kappa shape index (κ2) is 9.84. The summed E-state index contributed by atoms with van der Waals surface area (Å²) in [5.41, 5.74) is 4.85. The maximum Gasteiger partial charge on any atom is 0.163 e. The monoisotopic (exact) mass is 439 g/mol. The minimum absolute atomic E-state index is 0.577. The first-order chi connectivity index (χ1) is 15.7. The van der Waals surface area contributed by atoms with Crippen LogP contribution in [0.1, 0.15) is 43.9 Å². The van der Waals surface area contributed by atoms with E-state index in [1.807, 2.05) is 0 Å². The van der Waals surface area contributed by atoms with Crippen LogP contribution in [0.15, 0.2) is 12.1 Å². The lowest BCUT2D eigenvalue weighted by molar-refractivity contribution is 0.187. The van der Waals surface area contributed by atoms with Crippen LogP contribution < -0.4 is 14.8 Å². The number of aromatic nitrogens is 1. The summed E-state index contributed by atoms with van der Waals surface area (Å²) in [6.07, 6.45) is 6.96. The number of likely N-dealkylation sites (tertiary alicyclic amines) is 1. The zero-order valence-electron chi connectivity index (χ0n) is 19.6. The minimum Gasteiger partial charge on any atom is -0.493 e. The third-order valence-corrected chi connectivity index (χ3v) is 7.22. The molecule has 6 nitrogen and oxygen atoms in total. The molecule has 2 saturated heterocycles. The first kappa shape index (κ1) is 21.8. The van der Waals surface area contributed by atoms with E-state index in [0.717, 1.165) is 74.4 Å². The number of pyridine rings is 1. The second-order valence-electron chi connectivity index (χ2n) is 9.81. The molecule has 1 aromatic carbocycles. The molecule has 0 radical (unpaired) electrons. The number of methoxy groups -OCH3 is 1. The summed E-state index contributed by atoms with van der Waals surface area (Å²) in [5.74, 6) is 2.80. The van der Waals surface area contributed by atoms with Gasteiger partial charge in [-0.2, -0.15) is 0 Å². The van der Waals surface area contributed by atoms with E-state index >= 15 is 0 Å². The van der Waals surface area contributed by atoms with Gasteiger partial charge in [0.15, 0.2) is 11.5 Å². The van der Waals surface area contributed by atoms with Crippen molar-refractivity contribution >= 4 is 16.6 Å². The largest absolute Gasteiger partial charge is 0.493 e. The van der Waals surface area contributed by atoms with Crippen LogP contribution in [0.4, 0.5) is 5.69 Å². The van der Waals surface area contributed by atoms with Gasteiger partial charge < -0.3 is 24.4 Å². The summed E-state index contributed by atoms with van der Waals surface area (Å²) in [5, 5.41) is 4.92. The van der Waals surface area contributed by atoms with Gasteiger partial charge in [-0.3, -0.25) is 4.98 Å². The third-order valence-electron chi connectivity index (χ3n) is 7.22. The lowest BCUT2D eigenvalue weighted by Crippen LogP contribution is -2.21. The SMILES string of the molecule is COc1cc2c(NC[C@H]3CCOC3)c3c(nc2cc1OCCCN1CCCC1)CC(C)C3. The molecule has 0 spiro atoms. The van der Waals surface area contributed by atoms with E-state index in [0.29, 0.717) is 18.4 Å². The second-order valence-corrected chi connectivity index (χ2v) is 9.81. The van der Waals surface area contributed by atoms with Gasteiger partial charge in [-0.1, -0.05) is 6.92 Å². The molecule has 2 aliphatic heterocycles. The van der Waals surface area contributed by atoms with Gasteiger partial charge in [-0.05, 0) is 69.2 Å². The Morgan fingerprint density at radius 3 is 2.84 bits per heavy atom. The summed E-state index contributed by atoms with van der Waals surface area (Å²) in [6.45, 7) is 9.27. The van der Waals surface area contributed by atoms with Crippen LogP contribution in [-0.2, 0) is 17.6 Å². The Kier molecular flexibility index (Phi) is 6.69. The van der Waals surface area contributed by atoms with Gasteiger partial charge in [0.2, 0.25) is 0 Å². The molecule has 32 heavy (non-hydrogen) atoms. The van der Waals surface area contributed by atoms with Crippen molar-refractivity contribution in [2.24, 2.45) is 11.8 Å². The molecule has 1 unspecified atom stereocenters. The van der Waals surface area contributed by atoms with Gasteiger partial charge in [0.05, 0.1) is 25.8 Å². The molecule has 3 heterocycles.